The molecule has 154 valence electrons. The SMILES string of the molecule is NC(=O)C1Cc2cc(Cl)ccc2-n2c(nnc2N2CCN(c3ccccn3)CC2)C1. The molecule has 30 heavy (non-hydrogen) atoms. The Kier molecular flexibility index (Phi) is 4.78. The fourth-order valence-corrected chi connectivity index (χ4v) is 4.46. The van der Waals surface area contributed by atoms with E-state index in [9.17, 15) is 4.79 Å². The molecule has 1 fully saturated rings. The molecule has 0 spiro atoms. The van der Waals surface area contributed by atoms with Crippen molar-refractivity contribution in [1.29, 1.82) is 0 Å². The Labute approximate surface area is 179 Å². The summed E-state index contributed by atoms with van der Waals surface area (Å²) in [6.07, 6.45) is 2.82. The van der Waals surface area contributed by atoms with Gasteiger partial charge in [-0.1, -0.05) is 17.7 Å². The smallest absolute Gasteiger partial charge is 0.232 e. The van der Waals surface area contributed by atoms with Gasteiger partial charge in [-0.3, -0.25) is 9.36 Å². The molecule has 2 aliphatic heterocycles. The number of hydrogen-bond donors (Lipinski definition) is 1. The number of amides is 1. The van der Waals surface area contributed by atoms with Crippen LogP contribution in [0.5, 0.6) is 0 Å². The van der Waals surface area contributed by atoms with Gasteiger partial charge >= 0.3 is 0 Å². The average molecular weight is 424 g/mol. The van der Waals surface area contributed by atoms with Crippen LogP contribution in [0.2, 0.25) is 5.02 Å². The Morgan fingerprint density at radius 2 is 1.83 bits per heavy atom. The minimum absolute atomic E-state index is 0.331. The van der Waals surface area contributed by atoms with Gasteiger partial charge in [0.15, 0.2) is 0 Å². The summed E-state index contributed by atoms with van der Waals surface area (Å²) < 4.78 is 2.06. The molecule has 5 rings (SSSR count). The van der Waals surface area contributed by atoms with Gasteiger partial charge in [-0.15, -0.1) is 10.2 Å². The van der Waals surface area contributed by atoms with Crippen LogP contribution in [-0.4, -0.2) is 51.8 Å². The highest BCUT2D eigenvalue weighted by atomic mass is 35.5. The van der Waals surface area contributed by atoms with Gasteiger partial charge in [0.2, 0.25) is 11.9 Å². The highest BCUT2D eigenvalue weighted by Gasteiger charge is 2.31. The number of hydrogen-bond acceptors (Lipinski definition) is 6. The number of anilines is 2. The lowest BCUT2D eigenvalue weighted by atomic mass is 9.96. The first-order valence-electron chi connectivity index (χ1n) is 10.0. The van der Waals surface area contributed by atoms with Crippen LogP contribution in [0.15, 0.2) is 42.6 Å². The number of aromatic nitrogens is 4. The van der Waals surface area contributed by atoms with Gasteiger partial charge in [0.1, 0.15) is 11.6 Å². The van der Waals surface area contributed by atoms with Crippen LogP contribution in [0.1, 0.15) is 11.4 Å². The van der Waals surface area contributed by atoms with Crippen LogP contribution in [0.3, 0.4) is 0 Å². The van der Waals surface area contributed by atoms with Gasteiger partial charge in [-0.2, -0.15) is 0 Å². The summed E-state index contributed by atoms with van der Waals surface area (Å²) >= 11 is 6.24. The quantitative estimate of drug-likeness (QED) is 0.691. The van der Waals surface area contributed by atoms with Gasteiger partial charge < -0.3 is 15.5 Å². The van der Waals surface area contributed by atoms with Crippen LogP contribution in [0, 0.1) is 5.92 Å². The first-order chi connectivity index (χ1) is 14.6. The van der Waals surface area contributed by atoms with E-state index in [1.165, 1.54) is 0 Å². The number of nitrogens with zero attached hydrogens (tertiary/aromatic N) is 6. The first-order valence-corrected chi connectivity index (χ1v) is 10.4. The topological polar surface area (TPSA) is 93.2 Å². The van der Waals surface area contributed by atoms with E-state index < -0.39 is 0 Å². The molecule has 2 aromatic heterocycles. The second-order valence-corrected chi connectivity index (χ2v) is 8.13. The second-order valence-electron chi connectivity index (χ2n) is 7.69. The molecule has 4 heterocycles. The van der Waals surface area contributed by atoms with Crippen LogP contribution >= 0.6 is 11.6 Å². The highest BCUT2D eigenvalue weighted by molar-refractivity contribution is 6.30. The lowest BCUT2D eigenvalue weighted by Gasteiger charge is -2.35. The molecule has 9 heteroatoms. The number of benzene rings is 1. The van der Waals surface area contributed by atoms with Crippen molar-refractivity contribution in [2.75, 3.05) is 36.0 Å². The number of pyridine rings is 1. The van der Waals surface area contributed by atoms with E-state index in [0.717, 1.165) is 55.0 Å². The number of rotatable bonds is 3. The number of primary amides is 1. The van der Waals surface area contributed by atoms with E-state index in [-0.39, 0.29) is 11.8 Å². The molecule has 8 nitrogen and oxygen atoms in total. The fourth-order valence-electron chi connectivity index (χ4n) is 4.26. The standard InChI is InChI=1S/C21H22ClN7O/c22-16-4-5-17-14(12-16)11-15(20(23)30)13-19-25-26-21(29(17)19)28-9-7-27(8-10-28)18-3-1-2-6-24-18/h1-6,12,15H,7-11,13H2,(H2,23,30). The van der Waals surface area contributed by atoms with Gasteiger partial charge in [0, 0.05) is 49.7 Å². The van der Waals surface area contributed by atoms with Gasteiger partial charge in [0.05, 0.1) is 5.69 Å². The van der Waals surface area contributed by atoms with Crippen molar-refractivity contribution in [2.45, 2.75) is 12.8 Å². The highest BCUT2D eigenvalue weighted by Crippen LogP contribution is 2.32. The van der Waals surface area contributed by atoms with Crippen molar-refractivity contribution in [3.63, 3.8) is 0 Å². The van der Waals surface area contributed by atoms with Crippen LogP contribution in [0.4, 0.5) is 11.8 Å². The lowest BCUT2D eigenvalue weighted by Crippen LogP contribution is -2.47. The number of piperazine rings is 1. The molecule has 0 aliphatic carbocycles. The fraction of sp³-hybridized carbons (Fsp3) is 0.333. The predicted molar refractivity (Wildman–Crippen MR) is 115 cm³/mol. The molecule has 2 aliphatic rings. The third-order valence-electron chi connectivity index (χ3n) is 5.83. The number of nitrogens with two attached hydrogens (primary N) is 1. The summed E-state index contributed by atoms with van der Waals surface area (Å²) in [6, 6.07) is 11.7. The predicted octanol–water partition coefficient (Wildman–Crippen LogP) is 1.84. The molecule has 1 amide bonds. The molecule has 2 N–H and O–H groups in total. The molecule has 1 atom stereocenters. The summed E-state index contributed by atoms with van der Waals surface area (Å²) in [4.78, 5) is 21.0. The minimum atomic E-state index is -0.332. The minimum Gasteiger partial charge on any atom is -0.369 e. The van der Waals surface area contributed by atoms with Gasteiger partial charge in [0.25, 0.3) is 0 Å². The molecule has 1 saturated heterocycles. The molecule has 1 aromatic carbocycles. The zero-order chi connectivity index (χ0) is 20.7. The summed E-state index contributed by atoms with van der Waals surface area (Å²) in [5.41, 5.74) is 7.61. The largest absolute Gasteiger partial charge is 0.369 e. The van der Waals surface area contributed by atoms with Gasteiger partial charge in [-0.05, 0) is 42.3 Å². The molecule has 0 bridgehead atoms. The summed E-state index contributed by atoms with van der Waals surface area (Å²) in [5, 5.41) is 9.56. The summed E-state index contributed by atoms with van der Waals surface area (Å²) in [7, 11) is 0. The summed E-state index contributed by atoms with van der Waals surface area (Å²) in [5.74, 6) is 1.87. The van der Waals surface area contributed by atoms with Crippen LogP contribution in [0.25, 0.3) is 5.69 Å². The normalized spacial score (nSPS) is 18.5. The molecule has 0 radical (unpaired) electrons. The Balaban J connectivity index is 1.47. The maximum Gasteiger partial charge on any atom is 0.232 e. The van der Waals surface area contributed by atoms with Crippen molar-refractivity contribution >= 4 is 29.3 Å². The zero-order valence-electron chi connectivity index (χ0n) is 16.4. The third-order valence-corrected chi connectivity index (χ3v) is 6.06. The van der Waals surface area contributed by atoms with Crippen molar-refractivity contribution in [1.82, 2.24) is 19.7 Å². The monoisotopic (exact) mass is 423 g/mol. The first kappa shape index (κ1) is 18.9. The number of carbonyl (C=O) groups is 1. The Morgan fingerprint density at radius 3 is 2.57 bits per heavy atom. The number of fused-ring (bicyclic) bond motifs is 3. The van der Waals surface area contributed by atoms with Crippen molar-refractivity contribution in [2.24, 2.45) is 11.7 Å². The molecular weight excluding hydrogens is 402 g/mol. The van der Waals surface area contributed by atoms with E-state index in [2.05, 4.69) is 29.5 Å². The van der Waals surface area contributed by atoms with Crippen LogP contribution in [-0.2, 0) is 17.6 Å². The Hall–Kier alpha value is -3.13. The van der Waals surface area contributed by atoms with E-state index in [1.807, 2.05) is 42.6 Å². The van der Waals surface area contributed by atoms with E-state index >= 15 is 0 Å². The number of carbonyl (C=O) groups excluding carboxylic acids is 1. The maximum absolute atomic E-state index is 12.0. The van der Waals surface area contributed by atoms with E-state index in [4.69, 9.17) is 17.3 Å². The molecule has 1 unspecified atom stereocenters. The van der Waals surface area contributed by atoms with E-state index in [0.29, 0.717) is 17.9 Å². The number of halogens is 1. The van der Waals surface area contributed by atoms with Crippen molar-refractivity contribution in [3.05, 3.63) is 59.0 Å². The van der Waals surface area contributed by atoms with Crippen LogP contribution < -0.4 is 15.5 Å². The zero-order valence-corrected chi connectivity index (χ0v) is 17.2. The third kappa shape index (κ3) is 3.37. The average Bonchev–Trinajstić information content (AvgIpc) is 3.10. The lowest BCUT2D eigenvalue weighted by molar-refractivity contribution is -0.121. The van der Waals surface area contributed by atoms with Gasteiger partial charge in [-0.25, -0.2) is 4.98 Å². The molecule has 3 aromatic rings. The maximum atomic E-state index is 12.0. The second kappa shape index (κ2) is 7.60. The van der Waals surface area contributed by atoms with Crippen molar-refractivity contribution in [3.8, 4) is 5.69 Å². The van der Waals surface area contributed by atoms with E-state index in [1.54, 1.807) is 0 Å². The Morgan fingerprint density at radius 1 is 1.03 bits per heavy atom. The molecule has 0 saturated carbocycles. The molecular formula is C21H22ClN7O. The summed E-state index contributed by atoms with van der Waals surface area (Å²) in [6.45, 7) is 3.29. The Bertz CT molecular complexity index is 1080. The van der Waals surface area contributed by atoms with Crippen molar-refractivity contribution < 1.29 is 4.79 Å².